The highest BCUT2D eigenvalue weighted by molar-refractivity contribution is 7.92. The van der Waals surface area contributed by atoms with Gasteiger partial charge in [-0.2, -0.15) is 5.10 Å². The summed E-state index contributed by atoms with van der Waals surface area (Å²) in [6.45, 7) is 5.07. The molecule has 0 aliphatic carbocycles. The largest absolute Gasteiger partial charge is 0.271 e. The van der Waals surface area contributed by atoms with Crippen molar-refractivity contribution in [1.29, 1.82) is 0 Å². The lowest BCUT2D eigenvalue weighted by Crippen LogP contribution is -2.39. The number of rotatable bonds is 7. The molecule has 1 N–H and O–H groups in total. The first-order valence-corrected chi connectivity index (χ1v) is 12.2. The lowest BCUT2D eigenvalue weighted by molar-refractivity contribution is -0.119. The first-order chi connectivity index (χ1) is 15.6. The zero-order chi connectivity index (χ0) is 24.2. The summed E-state index contributed by atoms with van der Waals surface area (Å²) in [5, 5.41) is 4.61. The number of carbonyl (C=O) groups excluding carboxylic acids is 1. The van der Waals surface area contributed by atoms with Crippen LogP contribution >= 0.6 is 23.2 Å². The lowest BCUT2D eigenvalue weighted by Gasteiger charge is -2.24. The monoisotopic (exact) mass is 503 g/mol. The molecule has 1 amide bonds. The Hall–Kier alpha value is -2.87. The molecule has 0 spiro atoms. The third kappa shape index (κ3) is 6.35. The number of hydrogen-bond acceptors (Lipinski definition) is 4. The predicted molar refractivity (Wildman–Crippen MR) is 134 cm³/mol. The minimum absolute atomic E-state index is 0.0383. The van der Waals surface area contributed by atoms with Gasteiger partial charge in [-0.3, -0.25) is 9.10 Å². The van der Waals surface area contributed by atoms with Crippen LogP contribution in [-0.4, -0.2) is 26.6 Å². The second-order valence-electron chi connectivity index (χ2n) is 7.55. The molecular weight excluding hydrogens is 481 g/mol. The molecule has 0 aliphatic rings. The summed E-state index contributed by atoms with van der Waals surface area (Å²) in [5.74, 6) is -0.617. The Morgan fingerprint density at radius 2 is 1.42 bits per heavy atom. The molecule has 0 radical (unpaired) electrons. The van der Waals surface area contributed by atoms with Crippen LogP contribution in [0.25, 0.3) is 0 Å². The zero-order valence-electron chi connectivity index (χ0n) is 18.3. The van der Waals surface area contributed by atoms with E-state index in [9.17, 15) is 13.2 Å². The van der Waals surface area contributed by atoms with Gasteiger partial charge in [-0.1, -0.05) is 70.7 Å². The fourth-order valence-electron chi connectivity index (χ4n) is 3.01. The van der Waals surface area contributed by atoms with Crippen molar-refractivity contribution in [3.05, 3.63) is 93.5 Å². The van der Waals surface area contributed by atoms with E-state index < -0.39 is 22.5 Å². The molecule has 3 aromatic rings. The predicted octanol–water partition coefficient (Wildman–Crippen LogP) is 5.35. The Morgan fingerprint density at radius 1 is 0.909 bits per heavy atom. The second-order valence-corrected chi connectivity index (χ2v) is 10.3. The van der Waals surface area contributed by atoms with Gasteiger partial charge in [0.25, 0.3) is 15.9 Å². The van der Waals surface area contributed by atoms with Gasteiger partial charge in [-0.25, -0.2) is 13.8 Å². The quantitative estimate of drug-likeness (QED) is 0.348. The van der Waals surface area contributed by atoms with Crippen molar-refractivity contribution in [3.8, 4) is 0 Å². The molecule has 3 rings (SSSR count). The molecule has 0 heterocycles. The van der Waals surface area contributed by atoms with Crippen molar-refractivity contribution < 1.29 is 13.2 Å². The molecule has 9 heteroatoms. The fraction of sp³-hybridized carbons (Fsp3) is 0.167. The molecule has 172 valence electrons. The minimum Gasteiger partial charge on any atom is -0.271 e. The van der Waals surface area contributed by atoms with E-state index in [4.69, 9.17) is 23.2 Å². The molecule has 0 bridgehead atoms. The van der Waals surface area contributed by atoms with E-state index in [-0.39, 0.29) is 20.6 Å². The number of sulfonamides is 1. The van der Waals surface area contributed by atoms with Crippen LogP contribution in [0.3, 0.4) is 0 Å². The SMILES string of the molecule is C/C(=N/NC(=O)CN(c1cc(Cl)cc(Cl)c1)S(=O)(=O)c1ccc(C)cc1)c1ccc(C)cc1. The Balaban J connectivity index is 1.91. The van der Waals surface area contributed by atoms with E-state index in [2.05, 4.69) is 10.5 Å². The third-order valence-electron chi connectivity index (χ3n) is 4.85. The number of nitrogens with zero attached hydrogens (tertiary/aromatic N) is 2. The van der Waals surface area contributed by atoms with Gasteiger partial charge in [-0.15, -0.1) is 0 Å². The van der Waals surface area contributed by atoms with Gasteiger partial charge < -0.3 is 0 Å². The van der Waals surface area contributed by atoms with Crippen LogP contribution in [0, 0.1) is 13.8 Å². The van der Waals surface area contributed by atoms with Gasteiger partial charge >= 0.3 is 0 Å². The number of hydrogen-bond donors (Lipinski definition) is 1. The first kappa shape index (κ1) is 24.8. The van der Waals surface area contributed by atoms with Crippen LogP contribution in [0.15, 0.2) is 76.7 Å². The average molecular weight is 504 g/mol. The number of hydrazone groups is 1. The van der Waals surface area contributed by atoms with Crippen LogP contribution in [0.5, 0.6) is 0 Å². The number of nitrogens with one attached hydrogen (secondary N) is 1. The zero-order valence-corrected chi connectivity index (χ0v) is 20.7. The van der Waals surface area contributed by atoms with Crippen molar-refractivity contribution in [2.45, 2.75) is 25.7 Å². The van der Waals surface area contributed by atoms with Crippen molar-refractivity contribution >= 4 is 50.5 Å². The number of amides is 1. The molecule has 0 aromatic heterocycles. The van der Waals surface area contributed by atoms with E-state index in [1.807, 2.05) is 38.1 Å². The van der Waals surface area contributed by atoms with Crippen LogP contribution in [-0.2, 0) is 14.8 Å². The van der Waals surface area contributed by atoms with Crippen molar-refractivity contribution in [2.75, 3.05) is 10.8 Å². The smallest absolute Gasteiger partial charge is 0.264 e. The lowest BCUT2D eigenvalue weighted by atomic mass is 10.1. The highest BCUT2D eigenvalue weighted by Crippen LogP contribution is 2.29. The summed E-state index contributed by atoms with van der Waals surface area (Å²) in [5.41, 5.74) is 6.04. The van der Waals surface area contributed by atoms with Crippen LogP contribution in [0.1, 0.15) is 23.6 Å². The van der Waals surface area contributed by atoms with Crippen LogP contribution in [0.2, 0.25) is 10.0 Å². The van der Waals surface area contributed by atoms with Crippen LogP contribution < -0.4 is 9.73 Å². The summed E-state index contributed by atoms with van der Waals surface area (Å²) in [6.07, 6.45) is 0. The van der Waals surface area contributed by atoms with Gasteiger partial charge in [-0.05, 0) is 56.7 Å². The second kappa shape index (κ2) is 10.4. The maximum Gasteiger partial charge on any atom is 0.264 e. The molecule has 3 aromatic carbocycles. The Morgan fingerprint density at radius 3 is 1.97 bits per heavy atom. The highest BCUT2D eigenvalue weighted by Gasteiger charge is 2.27. The van der Waals surface area contributed by atoms with Gasteiger partial charge in [0.1, 0.15) is 6.54 Å². The van der Waals surface area contributed by atoms with Crippen molar-refractivity contribution in [2.24, 2.45) is 5.10 Å². The summed E-state index contributed by atoms with van der Waals surface area (Å²) in [4.78, 5) is 12.8. The molecule has 0 aliphatic heterocycles. The first-order valence-electron chi connectivity index (χ1n) is 10.0. The van der Waals surface area contributed by atoms with E-state index in [1.165, 1.54) is 30.3 Å². The molecule has 0 unspecified atom stereocenters. The Labute approximate surface area is 203 Å². The van der Waals surface area contributed by atoms with Crippen molar-refractivity contribution in [3.63, 3.8) is 0 Å². The number of halogens is 2. The summed E-state index contributed by atoms with van der Waals surface area (Å²) < 4.78 is 27.8. The standard InChI is InChI=1S/C24H23Cl2N3O3S/c1-16-4-8-19(9-5-16)18(3)27-28-24(30)15-29(22-13-20(25)12-21(26)14-22)33(31,32)23-10-6-17(2)7-11-23/h4-14H,15H2,1-3H3,(H,28,30)/b27-18-. The maximum absolute atomic E-state index is 13.4. The number of aryl methyl sites for hydroxylation is 2. The molecular formula is C24H23Cl2N3O3S. The van der Waals surface area contributed by atoms with Crippen LogP contribution in [0.4, 0.5) is 5.69 Å². The molecule has 33 heavy (non-hydrogen) atoms. The molecule has 0 atom stereocenters. The minimum atomic E-state index is -4.09. The summed E-state index contributed by atoms with van der Waals surface area (Å²) >= 11 is 12.2. The fourth-order valence-corrected chi connectivity index (χ4v) is 4.93. The maximum atomic E-state index is 13.4. The third-order valence-corrected chi connectivity index (χ3v) is 7.07. The van der Waals surface area contributed by atoms with Gasteiger partial charge in [0, 0.05) is 10.0 Å². The van der Waals surface area contributed by atoms with Gasteiger partial charge in [0.15, 0.2) is 0 Å². The topological polar surface area (TPSA) is 78.8 Å². The molecule has 0 saturated carbocycles. The Kier molecular flexibility index (Phi) is 7.79. The average Bonchev–Trinajstić information content (AvgIpc) is 2.75. The molecule has 0 saturated heterocycles. The van der Waals surface area contributed by atoms with Gasteiger partial charge in [0.05, 0.1) is 16.3 Å². The molecule has 6 nitrogen and oxygen atoms in total. The number of benzene rings is 3. The Bertz CT molecular complexity index is 1270. The van der Waals surface area contributed by atoms with Gasteiger partial charge in [0.2, 0.25) is 0 Å². The normalized spacial score (nSPS) is 11.8. The molecule has 0 fully saturated rings. The summed E-state index contributed by atoms with van der Waals surface area (Å²) in [6, 6.07) is 18.4. The van der Waals surface area contributed by atoms with Crippen molar-refractivity contribution in [1.82, 2.24) is 5.43 Å². The van der Waals surface area contributed by atoms with E-state index in [1.54, 1.807) is 19.1 Å². The van der Waals surface area contributed by atoms with E-state index in [0.717, 1.165) is 21.0 Å². The highest BCUT2D eigenvalue weighted by atomic mass is 35.5. The number of carbonyl (C=O) groups is 1. The van der Waals surface area contributed by atoms with E-state index in [0.29, 0.717) is 5.71 Å². The van der Waals surface area contributed by atoms with E-state index >= 15 is 0 Å². The number of anilines is 1. The summed E-state index contributed by atoms with van der Waals surface area (Å²) in [7, 11) is -4.09.